The smallest absolute Gasteiger partial charge is 0.323 e. The minimum Gasteiger partial charge on any atom is -0.480 e. The van der Waals surface area contributed by atoms with Gasteiger partial charge in [-0.15, -0.1) is 0 Å². The zero-order chi connectivity index (χ0) is 19.0. The molecule has 0 aromatic rings. The summed E-state index contributed by atoms with van der Waals surface area (Å²) in [5, 5.41) is 32.5. The third kappa shape index (κ3) is 22.6. The molecule has 0 saturated carbocycles. The second-order valence-electron chi connectivity index (χ2n) is 4.43. The number of hydrogen-bond donors (Lipinski definition) is 8. The van der Waals surface area contributed by atoms with Crippen LogP contribution in [0.1, 0.15) is 26.2 Å². The summed E-state index contributed by atoms with van der Waals surface area (Å²) in [7, 11) is 0. The van der Waals surface area contributed by atoms with Gasteiger partial charge in [0.15, 0.2) is 0 Å². The van der Waals surface area contributed by atoms with Crippen molar-refractivity contribution in [2.45, 2.75) is 44.4 Å². The summed E-state index contributed by atoms with van der Waals surface area (Å²) in [6.07, 6.45) is 1.18. The average molecular weight is 340 g/mol. The Hall–Kier alpha value is -1.79. The Balaban J connectivity index is -0.000000276. The Bertz CT molecular complexity index is 339. The van der Waals surface area contributed by atoms with E-state index in [2.05, 4.69) is 5.73 Å². The Morgan fingerprint density at radius 2 is 1.39 bits per heavy atom. The van der Waals surface area contributed by atoms with Crippen molar-refractivity contribution in [2.75, 3.05) is 13.1 Å². The number of hydrogen-bond acceptors (Lipinski definition) is 8. The Labute approximate surface area is 134 Å². The molecule has 0 saturated heterocycles. The van der Waals surface area contributed by atoms with E-state index in [1.807, 2.05) is 0 Å². The van der Waals surface area contributed by atoms with E-state index in [-0.39, 0.29) is 6.54 Å². The van der Waals surface area contributed by atoms with Gasteiger partial charge in [-0.2, -0.15) is 0 Å². The summed E-state index contributed by atoms with van der Waals surface area (Å²) < 4.78 is 0. The second kappa shape index (κ2) is 16.6. The molecule has 0 spiro atoms. The molecule has 0 aromatic carbocycles. The third-order valence-corrected chi connectivity index (χ3v) is 2.27. The molecule has 0 fully saturated rings. The van der Waals surface area contributed by atoms with E-state index in [0.29, 0.717) is 13.0 Å². The van der Waals surface area contributed by atoms with Gasteiger partial charge >= 0.3 is 17.9 Å². The number of aliphatic hydroxyl groups excluding tert-OH is 1. The predicted octanol–water partition coefficient (Wildman–Crippen LogP) is -2.66. The maximum atomic E-state index is 10.1. The molecular formula is C12H28N4O7. The highest BCUT2D eigenvalue weighted by Crippen LogP contribution is 1.96. The molecule has 0 aliphatic heterocycles. The van der Waals surface area contributed by atoms with Crippen molar-refractivity contribution >= 4 is 17.9 Å². The molecule has 138 valence electrons. The van der Waals surface area contributed by atoms with Crippen molar-refractivity contribution in [2.24, 2.45) is 22.9 Å². The van der Waals surface area contributed by atoms with Crippen molar-refractivity contribution in [3.05, 3.63) is 0 Å². The normalized spacial score (nSPS) is 13.3. The van der Waals surface area contributed by atoms with Crippen molar-refractivity contribution in [1.29, 1.82) is 0 Å². The van der Waals surface area contributed by atoms with Crippen LogP contribution >= 0.6 is 0 Å². The van der Waals surface area contributed by atoms with Gasteiger partial charge in [-0.05, 0) is 26.3 Å². The number of carbonyl (C=O) groups is 3. The lowest BCUT2D eigenvalue weighted by atomic mass is 10.1. The first-order valence-electron chi connectivity index (χ1n) is 6.77. The molecule has 0 radical (unpaired) electrons. The molecule has 0 bridgehead atoms. The first-order chi connectivity index (χ1) is 10.5. The van der Waals surface area contributed by atoms with Crippen LogP contribution in [0.25, 0.3) is 0 Å². The number of carboxylic acid groups (broad SMARTS) is 3. The van der Waals surface area contributed by atoms with Crippen LogP contribution in [0.4, 0.5) is 0 Å². The van der Waals surface area contributed by atoms with E-state index in [4.69, 9.17) is 37.6 Å². The fraction of sp³-hybridized carbons (Fsp3) is 0.750. The van der Waals surface area contributed by atoms with Crippen LogP contribution in [0.3, 0.4) is 0 Å². The van der Waals surface area contributed by atoms with Crippen LogP contribution in [0.15, 0.2) is 0 Å². The molecule has 3 atom stereocenters. The highest BCUT2D eigenvalue weighted by atomic mass is 16.4. The van der Waals surface area contributed by atoms with E-state index in [9.17, 15) is 14.4 Å². The minimum absolute atomic E-state index is 0.278. The molecule has 11 heteroatoms. The second-order valence-corrected chi connectivity index (χ2v) is 4.43. The Morgan fingerprint density at radius 3 is 1.57 bits per heavy atom. The van der Waals surface area contributed by atoms with Gasteiger partial charge in [0.25, 0.3) is 0 Å². The lowest BCUT2D eigenvalue weighted by Gasteiger charge is -2.06. The minimum atomic E-state index is -1.18. The van der Waals surface area contributed by atoms with E-state index >= 15 is 0 Å². The van der Waals surface area contributed by atoms with Gasteiger partial charge in [0.2, 0.25) is 0 Å². The number of nitrogens with two attached hydrogens (primary N) is 4. The van der Waals surface area contributed by atoms with Crippen LogP contribution in [0, 0.1) is 0 Å². The first kappa shape index (κ1) is 26.1. The number of carboxylic acids is 3. The molecular weight excluding hydrogens is 312 g/mol. The summed E-state index contributed by atoms with van der Waals surface area (Å²) in [6, 6.07) is -1.87. The van der Waals surface area contributed by atoms with Gasteiger partial charge in [-0.3, -0.25) is 14.4 Å². The van der Waals surface area contributed by atoms with Crippen molar-refractivity contribution in [1.82, 2.24) is 0 Å². The molecule has 23 heavy (non-hydrogen) atoms. The maximum absolute atomic E-state index is 10.1. The molecule has 0 aliphatic rings. The average Bonchev–Trinajstić information content (AvgIpc) is 2.47. The summed E-state index contributed by atoms with van der Waals surface area (Å²) in [6.45, 7) is 1.66. The fourth-order valence-electron chi connectivity index (χ4n) is 0.838. The topological polar surface area (TPSA) is 236 Å². The number of unbranched alkanes of at least 4 members (excludes halogenated alkanes) is 1. The third-order valence-electron chi connectivity index (χ3n) is 2.27. The van der Waals surface area contributed by atoms with Gasteiger partial charge in [-0.25, -0.2) is 0 Å². The first-order valence-corrected chi connectivity index (χ1v) is 6.77. The molecule has 0 aliphatic carbocycles. The van der Waals surface area contributed by atoms with Crippen LogP contribution < -0.4 is 22.9 Å². The summed E-state index contributed by atoms with van der Waals surface area (Å²) in [5.74, 6) is -3.08. The van der Waals surface area contributed by atoms with Gasteiger partial charge in [0.05, 0.1) is 12.6 Å². The van der Waals surface area contributed by atoms with E-state index in [0.717, 1.165) is 12.8 Å². The fourth-order valence-corrected chi connectivity index (χ4v) is 0.838. The number of aliphatic hydroxyl groups is 1. The molecule has 0 heterocycles. The Morgan fingerprint density at radius 1 is 0.957 bits per heavy atom. The predicted molar refractivity (Wildman–Crippen MR) is 82.5 cm³/mol. The van der Waals surface area contributed by atoms with E-state index < -0.39 is 36.1 Å². The highest BCUT2D eigenvalue weighted by Gasteiger charge is 2.16. The molecule has 12 N–H and O–H groups in total. The molecule has 0 rings (SSSR count). The lowest BCUT2D eigenvalue weighted by Crippen LogP contribution is -2.39. The number of aliphatic carboxylic acids is 3. The van der Waals surface area contributed by atoms with Gasteiger partial charge in [-0.1, -0.05) is 6.42 Å². The quantitative estimate of drug-likeness (QED) is 0.212. The van der Waals surface area contributed by atoms with Crippen LogP contribution in [-0.2, 0) is 14.4 Å². The maximum Gasteiger partial charge on any atom is 0.323 e. The highest BCUT2D eigenvalue weighted by molar-refractivity contribution is 5.73. The monoisotopic (exact) mass is 340 g/mol. The Kier molecular flexibility index (Phi) is 18.8. The molecule has 0 unspecified atom stereocenters. The van der Waals surface area contributed by atoms with Crippen molar-refractivity contribution < 1.29 is 34.8 Å². The van der Waals surface area contributed by atoms with Crippen LogP contribution in [-0.4, -0.2) is 69.6 Å². The van der Waals surface area contributed by atoms with Crippen LogP contribution in [0.2, 0.25) is 0 Å². The lowest BCUT2D eigenvalue weighted by molar-refractivity contribution is -0.141. The largest absolute Gasteiger partial charge is 0.480 e. The van der Waals surface area contributed by atoms with Gasteiger partial charge in [0, 0.05) is 0 Å². The van der Waals surface area contributed by atoms with E-state index in [1.54, 1.807) is 0 Å². The molecule has 11 nitrogen and oxygen atoms in total. The van der Waals surface area contributed by atoms with Crippen LogP contribution in [0.5, 0.6) is 0 Å². The standard InChI is InChI=1S/C6H14N2O2.C4H9NO3.C2H5NO2/c7-4-2-1-3-5(8)6(9)10;1-2(6)3(5)4(7)8;3-1-2(4)5/h5H,1-4,7-8H2,(H,9,10);2-3,6H,5H2,1H3,(H,7,8);1,3H2,(H,4,5)/t5-;2-,3+;/m01./s1. The number of rotatable bonds is 8. The van der Waals surface area contributed by atoms with Crippen molar-refractivity contribution in [3.63, 3.8) is 0 Å². The molecule has 0 amide bonds. The van der Waals surface area contributed by atoms with Gasteiger partial charge in [0.1, 0.15) is 12.1 Å². The van der Waals surface area contributed by atoms with E-state index in [1.165, 1.54) is 6.92 Å². The SMILES string of the molecule is C[C@@H](O)[C@H](N)C(=O)O.NCC(=O)O.NCCCC[C@H](N)C(=O)O. The zero-order valence-electron chi connectivity index (χ0n) is 13.1. The summed E-state index contributed by atoms with van der Waals surface area (Å²) in [4.78, 5) is 29.2. The zero-order valence-corrected chi connectivity index (χ0v) is 13.1. The van der Waals surface area contributed by atoms with Crippen molar-refractivity contribution in [3.8, 4) is 0 Å². The summed E-state index contributed by atoms with van der Waals surface area (Å²) >= 11 is 0. The van der Waals surface area contributed by atoms with Gasteiger partial charge < -0.3 is 43.4 Å². The summed E-state index contributed by atoms with van der Waals surface area (Å²) in [5.41, 5.74) is 19.9. The molecule has 0 aromatic heterocycles.